The van der Waals surface area contributed by atoms with Crippen LogP contribution in [0, 0.1) is 5.41 Å². The monoisotopic (exact) mass is 285 g/mol. The van der Waals surface area contributed by atoms with Crippen molar-refractivity contribution >= 4 is 22.5 Å². The van der Waals surface area contributed by atoms with Crippen molar-refractivity contribution in [3.8, 4) is 0 Å². The van der Waals surface area contributed by atoms with E-state index in [2.05, 4.69) is 36.4 Å². The van der Waals surface area contributed by atoms with E-state index in [0.717, 1.165) is 16.6 Å². The van der Waals surface area contributed by atoms with Gasteiger partial charge in [-0.2, -0.15) is 0 Å². The average Bonchev–Trinajstić information content (AvgIpc) is 2.44. The highest BCUT2D eigenvalue weighted by Gasteiger charge is 2.23. The highest BCUT2D eigenvalue weighted by atomic mass is 16.1. The van der Waals surface area contributed by atoms with Crippen LogP contribution >= 0.6 is 0 Å². The first-order valence-corrected chi connectivity index (χ1v) is 7.21. The number of hydrogen-bond acceptors (Lipinski definition) is 3. The quantitative estimate of drug-likeness (QED) is 0.908. The Morgan fingerprint density at radius 2 is 1.90 bits per heavy atom. The van der Waals surface area contributed by atoms with Crippen molar-refractivity contribution in [2.45, 2.75) is 33.7 Å². The normalized spacial score (nSPS) is 13.0. The topological polar surface area (TPSA) is 54.0 Å². The fourth-order valence-electron chi connectivity index (χ4n) is 1.99. The first kappa shape index (κ1) is 15.3. The molecule has 4 heteroatoms. The van der Waals surface area contributed by atoms with Crippen LogP contribution in [0.1, 0.15) is 38.2 Å². The number of amides is 1. The fourth-order valence-corrected chi connectivity index (χ4v) is 1.99. The lowest BCUT2D eigenvalue weighted by Crippen LogP contribution is -2.41. The van der Waals surface area contributed by atoms with Gasteiger partial charge in [0.05, 0.1) is 0 Å². The van der Waals surface area contributed by atoms with Gasteiger partial charge in [-0.15, -0.1) is 0 Å². The van der Waals surface area contributed by atoms with Crippen LogP contribution in [0.25, 0.3) is 10.8 Å². The van der Waals surface area contributed by atoms with E-state index in [0.29, 0.717) is 5.69 Å². The van der Waals surface area contributed by atoms with E-state index in [4.69, 9.17) is 0 Å². The van der Waals surface area contributed by atoms with Crippen LogP contribution < -0.4 is 10.6 Å². The van der Waals surface area contributed by atoms with E-state index in [-0.39, 0.29) is 17.4 Å². The third kappa shape index (κ3) is 3.32. The smallest absolute Gasteiger partial charge is 0.270 e. The molecule has 21 heavy (non-hydrogen) atoms. The number of fused-ring (bicyclic) bond motifs is 1. The summed E-state index contributed by atoms with van der Waals surface area (Å²) in [6, 6.07) is 9.81. The van der Waals surface area contributed by atoms with Gasteiger partial charge in [-0.25, -0.2) is 4.98 Å². The van der Waals surface area contributed by atoms with E-state index in [1.807, 2.05) is 44.3 Å². The molecule has 0 fully saturated rings. The molecule has 2 N–H and O–H groups in total. The van der Waals surface area contributed by atoms with E-state index < -0.39 is 0 Å². The number of hydrogen-bond donors (Lipinski definition) is 2. The minimum Gasteiger partial charge on any atom is -0.373 e. The van der Waals surface area contributed by atoms with Crippen LogP contribution in [-0.2, 0) is 0 Å². The molecule has 0 aliphatic carbocycles. The maximum Gasteiger partial charge on any atom is 0.270 e. The maximum absolute atomic E-state index is 12.4. The number of nitrogens with one attached hydrogen (secondary N) is 2. The Balaban J connectivity index is 2.36. The molecule has 1 atom stereocenters. The number of carbonyl (C=O) groups is 1. The van der Waals surface area contributed by atoms with Crippen LogP contribution in [0.15, 0.2) is 30.3 Å². The predicted molar refractivity (Wildman–Crippen MR) is 87.7 cm³/mol. The highest BCUT2D eigenvalue weighted by molar-refractivity contribution is 6.00. The van der Waals surface area contributed by atoms with Gasteiger partial charge in [-0.1, -0.05) is 45.0 Å². The highest BCUT2D eigenvalue weighted by Crippen LogP contribution is 2.23. The molecule has 0 radical (unpaired) electrons. The second-order valence-electron chi connectivity index (χ2n) is 6.39. The molecule has 1 amide bonds. The number of carbonyl (C=O) groups excluding carboxylic acids is 1. The number of rotatable bonds is 3. The Hall–Kier alpha value is -2.10. The van der Waals surface area contributed by atoms with Crippen molar-refractivity contribution in [1.82, 2.24) is 10.3 Å². The van der Waals surface area contributed by atoms with E-state index in [1.54, 1.807) is 0 Å². The zero-order valence-electron chi connectivity index (χ0n) is 13.3. The van der Waals surface area contributed by atoms with Crippen molar-refractivity contribution in [3.63, 3.8) is 0 Å². The molecule has 0 saturated heterocycles. The molecular weight excluding hydrogens is 262 g/mol. The standard InChI is InChI=1S/C17H23N3O/c1-11(17(2,3)4)19-16(21)14-10-12-8-6-7-9-13(12)15(18-5)20-14/h6-11H,1-5H3,(H,18,20)(H,19,21). The lowest BCUT2D eigenvalue weighted by atomic mass is 9.88. The average molecular weight is 285 g/mol. The Labute approximate surface area is 126 Å². The van der Waals surface area contributed by atoms with Crippen LogP contribution in [0.3, 0.4) is 0 Å². The van der Waals surface area contributed by atoms with Crippen molar-refractivity contribution in [2.75, 3.05) is 12.4 Å². The number of pyridine rings is 1. The van der Waals surface area contributed by atoms with Gasteiger partial charge in [0.2, 0.25) is 0 Å². The molecule has 1 aromatic carbocycles. The molecule has 0 aliphatic rings. The third-order valence-corrected chi connectivity index (χ3v) is 3.86. The minimum atomic E-state index is -0.139. The van der Waals surface area contributed by atoms with Crippen LogP contribution in [0.4, 0.5) is 5.82 Å². The van der Waals surface area contributed by atoms with Crippen LogP contribution in [0.5, 0.6) is 0 Å². The first-order chi connectivity index (χ1) is 9.82. The molecule has 2 aromatic rings. The van der Waals surface area contributed by atoms with Gasteiger partial charge >= 0.3 is 0 Å². The molecule has 1 aromatic heterocycles. The van der Waals surface area contributed by atoms with Crippen molar-refractivity contribution in [3.05, 3.63) is 36.0 Å². The van der Waals surface area contributed by atoms with Gasteiger partial charge in [-0.3, -0.25) is 4.79 Å². The number of nitrogens with zero attached hydrogens (tertiary/aromatic N) is 1. The number of benzene rings is 1. The molecule has 0 saturated carbocycles. The van der Waals surface area contributed by atoms with Gasteiger partial charge < -0.3 is 10.6 Å². The summed E-state index contributed by atoms with van der Waals surface area (Å²) in [7, 11) is 1.81. The Bertz CT molecular complexity index is 659. The van der Waals surface area contributed by atoms with Gasteiger partial charge in [0.1, 0.15) is 11.5 Å². The van der Waals surface area contributed by atoms with Crippen molar-refractivity contribution in [1.29, 1.82) is 0 Å². The summed E-state index contributed by atoms with van der Waals surface area (Å²) in [5, 5.41) is 8.10. The molecule has 0 aliphatic heterocycles. The number of anilines is 1. The van der Waals surface area contributed by atoms with Gasteiger partial charge in [0.15, 0.2) is 0 Å². The zero-order valence-corrected chi connectivity index (χ0v) is 13.3. The third-order valence-electron chi connectivity index (χ3n) is 3.86. The fraction of sp³-hybridized carbons (Fsp3) is 0.412. The van der Waals surface area contributed by atoms with Crippen LogP contribution in [0.2, 0.25) is 0 Å². The summed E-state index contributed by atoms with van der Waals surface area (Å²) in [5.41, 5.74) is 0.451. The first-order valence-electron chi connectivity index (χ1n) is 7.21. The molecule has 1 heterocycles. The van der Waals surface area contributed by atoms with Crippen LogP contribution in [-0.4, -0.2) is 24.0 Å². The molecule has 112 valence electrons. The lowest BCUT2D eigenvalue weighted by Gasteiger charge is -2.28. The summed E-state index contributed by atoms with van der Waals surface area (Å²) in [6.45, 7) is 8.32. The number of aromatic nitrogens is 1. The van der Waals surface area contributed by atoms with E-state index >= 15 is 0 Å². The maximum atomic E-state index is 12.4. The van der Waals surface area contributed by atoms with Crippen molar-refractivity contribution < 1.29 is 4.79 Å². The molecule has 1 unspecified atom stereocenters. The summed E-state index contributed by atoms with van der Waals surface area (Å²) in [5.74, 6) is 0.585. The summed E-state index contributed by atoms with van der Waals surface area (Å²) in [6.07, 6.45) is 0. The summed E-state index contributed by atoms with van der Waals surface area (Å²) >= 11 is 0. The van der Waals surface area contributed by atoms with Crippen molar-refractivity contribution in [2.24, 2.45) is 5.41 Å². The molecule has 2 rings (SSSR count). The Kier molecular flexibility index (Phi) is 4.16. The van der Waals surface area contributed by atoms with Gasteiger partial charge in [0, 0.05) is 18.5 Å². The molecular formula is C17H23N3O. The summed E-state index contributed by atoms with van der Waals surface area (Å²) < 4.78 is 0. The molecule has 4 nitrogen and oxygen atoms in total. The minimum absolute atomic E-state index is 0.0122. The Morgan fingerprint density at radius 3 is 2.52 bits per heavy atom. The molecule has 0 spiro atoms. The second-order valence-corrected chi connectivity index (χ2v) is 6.39. The summed E-state index contributed by atoms with van der Waals surface area (Å²) in [4.78, 5) is 16.8. The van der Waals surface area contributed by atoms with Gasteiger partial charge in [0.25, 0.3) is 5.91 Å². The molecule has 0 bridgehead atoms. The largest absolute Gasteiger partial charge is 0.373 e. The zero-order chi connectivity index (χ0) is 15.6. The second kappa shape index (κ2) is 5.72. The van der Waals surface area contributed by atoms with E-state index in [1.165, 1.54) is 0 Å². The van der Waals surface area contributed by atoms with Gasteiger partial charge in [-0.05, 0) is 23.8 Å². The Morgan fingerprint density at radius 1 is 1.24 bits per heavy atom. The SMILES string of the molecule is CNc1nc(C(=O)NC(C)C(C)(C)C)cc2ccccc12. The van der Waals surface area contributed by atoms with E-state index in [9.17, 15) is 4.79 Å². The lowest BCUT2D eigenvalue weighted by molar-refractivity contribution is 0.0905. The predicted octanol–water partition coefficient (Wildman–Crippen LogP) is 3.44.